The Morgan fingerprint density at radius 3 is 2.43 bits per heavy atom. The number of aliphatic hydroxyl groups excluding tert-OH is 1. The molecule has 1 aliphatic rings. The minimum atomic E-state index is -0.688. The first-order valence-corrected chi connectivity index (χ1v) is 8.12. The molecule has 1 atom stereocenters. The molecule has 1 aliphatic heterocycles. The van der Waals surface area contributed by atoms with Crippen LogP contribution in [-0.2, 0) is 4.74 Å². The summed E-state index contributed by atoms with van der Waals surface area (Å²) in [4.78, 5) is 2.09. The van der Waals surface area contributed by atoms with Crippen molar-refractivity contribution in [2.75, 3.05) is 31.6 Å². The lowest BCUT2D eigenvalue weighted by Gasteiger charge is -2.30. The standard InChI is InChI=1S/C18H20N2O2S/c21-17(14-6-2-1-3-7-14)15-8-4-5-9-16(15)19-18(23)20-10-12-22-13-11-20/h1-9,17,21H,10-13H2,(H,19,23). The Balaban J connectivity index is 1.79. The normalized spacial score (nSPS) is 16.0. The Morgan fingerprint density at radius 2 is 1.70 bits per heavy atom. The third-order valence-corrected chi connectivity index (χ3v) is 4.27. The van der Waals surface area contributed by atoms with Gasteiger partial charge in [-0.15, -0.1) is 0 Å². The van der Waals surface area contributed by atoms with Gasteiger partial charge in [0, 0.05) is 24.3 Å². The van der Waals surface area contributed by atoms with Gasteiger partial charge in [-0.1, -0.05) is 48.5 Å². The third-order valence-electron chi connectivity index (χ3n) is 3.91. The molecule has 4 nitrogen and oxygen atoms in total. The van der Waals surface area contributed by atoms with Gasteiger partial charge < -0.3 is 20.1 Å². The van der Waals surface area contributed by atoms with Crippen molar-refractivity contribution < 1.29 is 9.84 Å². The van der Waals surface area contributed by atoms with Crippen LogP contribution >= 0.6 is 12.2 Å². The van der Waals surface area contributed by atoms with E-state index in [1.807, 2.05) is 54.6 Å². The number of rotatable bonds is 3. The molecule has 1 fully saturated rings. The Labute approximate surface area is 141 Å². The molecule has 2 N–H and O–H groups in total. The second kappa shape index (κ2) is 7.55. The topological polar surface area (TPSA) is 44.7 Å². The van der Waals surface area contributed by atoms with Crippen molar-refractivity contribution in [1.29, 1.82) is 0 Å². The van der Waals surface area contributed by atoms with E-state index in [9.17, 15) is 5.11 Å². The third kappa shape index (κ3) is 3.88. The van der Waals surface area contributed by atoms with Crippen LogP contribution in [0, 0.1) is 0 Å². The molecule has 1 unspecified atom stereocenters. The van der Waals surface area contributed by atoms with Crippen LogP contribution in [0.25, 0.3) is 0 Å². The number of para-hydroxylation sites is 1. The minimum absolute atomic E-state index is 0.668. The average Bonchev–Trinajstić information content (AvgIpc) is 2.63. The fourth-order valence-electron chi connectivity index (χ4n) is 2.62. The lowest BCUT2D eigenvalue weighted by Crippen LogP contribution is -2.43. The van der Waals surface area contributed by atoms with Gasteiger partial charge in [-0.3, -0.25) is 0 Å². The number of aliphatic hydroxyl groups is 1. The largest absolute Gasteiger partial charge is 0.384 e. The zero-order valence-electron chi connectivity index (χ0n) is 12.8. The predicted octanol–water partition coefficient (Wildman–Crippen LogP) is 2.80. The molecule has 0 saturated carbocycles. The van der Waals surface area contributed by atoms with Crippen molar-refractivity contribution in [3.8, 4) is 0 Å². The Kier molecular flexibility index (Phi) is 5.23. The summed E-state index contributed by atoms with van der Waals surface area (Å²) in [5.41, 5.74) is 2.51. The molecule has 3 rings (SSSR count). The monoisotopic (exact) mass is 328 g/mol. The van der Waals surface area contributed by atoms with Crippen LogP contribution in [0.4, 0.5) is 5.69 Å². The lowest BCUT2D eigenvalue weighted by atomic mass is 10.00. The first-order chi connectivity index (χ1) is 11.3. The summed E-state index contributed by atoms with van der Waals surface area (Å²) in [5, 5.41) is 14.6. The molecule has 120 valence electrons. The Morgan fingerprint density at radius 1 is 1.04 bits per heavy atom. The molecular formula is C18H20N2O2S. The van der Waals surface area contributed by atoms with E-state index >= 15 is 0 Å². The van der Waals surface area contributed by atoms with Crippen LogP contribution in [0.3, 0.4) is 0 Å². The summed E-state index contributed by atoms with van der Waals surface area (Å²) in [5.74, 6) is 0. The number of nitrogens with zero attached hydrogens (tertiary/aromatic N) is 1. The summed E-state index contributed by atoms with van der Waals surface area (Å²) in [7, 11) is 0. The number of ether oxygens (including phenoxy) is 1. The van der Waals surface area contributed by atoms with Crippen molar-refractivity contribution >= 4 is 23.0 Å². The van der Waals surface area contributed by atoms with Crippen molar-refractivity contribution in [2.45, 2.75) is 6.10 Å². The molecule has 0 spiro atoms. The maximum Gasteiger partial charge on any atom is 0.173 e. The van der Waals surface area contributed by atoms with E-state index in [-0.39, 0.29) is 0 Å². The van der Waals surface area contributed by atoms with Gasteiger partial charge in [0.05, 0.1) is 13.2 Å². The van der Waals surface area contributed by atoms with E-state index in [0.717, 1.165) is 29.9 Å². The SMILES string of the molecule is OC(c1ccccc1)c1ccccc1NC(=S)N1CCOCC1. The van der Waals surface area contributed by atoms with Crippen LogP contribution < -0.4 is 5.32 Å². The number of hydrogen-bond donors (Lipinski definition) is 2. The van der Waals surface area contributed by atoms with E-state index in [1.165, 1.54) is 0 Å². The lowest BCUT2D eigenvalue weighted by molar-refractivity contribution is 0.0690. The van der Waals surface area contributed by atoms with Crippen molar-refractivity contribution in [1.82, 2.24) is 4.90 Å². The minimum Gasteiger partial charge on any atom is -0.384 e. The van der Waals surface area contributed by atoms with E-state index < -0.39 is 6.10 Å². The fourth-order valence-corrected chi connectivity index (χ4v) is 2.92. The zero-order valence-corrected chi connectivity index (χ0v) is 13.6. The van der Waals surface area contributed by atoms with Crippen molar-refractivity contribution in [3.63, 3.8) is 0 Å². The number of thiocarbonyl (C=S) groups is 1. The van der Waals surface area contributed by atoms with Gasteiger partial charge in [0.2, 0.25) is 0 Å². The highest BCUT2D eigenvalue weighted by Gasteiger charge is 2.18. The summed E-state index contributed by atoms with van der Waals surface area (Å²) >= 11 is 5.50. The molecular weight excluding hydrogens is 308 g/mol. The number of benzene rings is 2. The van der Waals surface area contributed by atoms with E-state index in [4.69, 9.17) is 17.0 Å². The second-order valence-corrected chi connectivity index (χ2v) is 5.82. The van der Waals surface area contributed by atoms with Crippen LogP contribution in [-0.4, -0.2) is 41.4 Å². The summed E-state index contributed by atoms with van der Waals surface area (Å²) in [6, 6.07) is 17.3. The molecule has 0 aliphatic carbocycles. The highest BCUT2D eigenvalue weighted by Crippen LogP contribution is 2.28. The second-order valence-electron chi connectivity index (χ2n) is 5.43. The molecule has 1 saturated heterocycles. The van der Waals surface area contributed by atoms with Gasteiger partial charge in [0.1, 0.15) is 6.10 Å². The maximum absolute atomic E-state index is 10.7. The Hall–Kier alpha value is -1.95. The smallest absolute Gasteiger partial charge is 0.173 e. The van der Waals surface area contributed by atoms with Gasteiger partial charge in [-0.25, -0.2) is 0 Å². The summed E-state index contributed by atoms with van der Waals surface area (Å²) in [6.45, 7) is 2.96. The predicted molar refractivity (Wildman–Crippen MR) is 95.6 cm³/mol. The molecule has 2 aromatic carbocycles. The van der Waals surface area contributed by atoms with E-state index in [1.54, 1.807) is 0 Å². The van der Waals surface area contributed by atoms with Gasteiger partial charge in [-0.05, 0) is 23.8 Å². The first-order valence-electron chi connectivity index (χ1n) is 7.71. The van der Waals surface area contributed by atoms with Gasteiger partial charge in [0.15, 0.2) is 5.11 Å². The maximum atomic E-state index is 10.7. The molecule has 5 heteroatoms. The van der Waals surface area contributed by atoms with Crippen molar-refractivity contribution in [3.05, 3.63) is 65.7 Å². The van der Waals surface area contributed by atoms with Gasteiger partial charge in [-0.2, -0.15) is 0 Å². The quantitative estimate of drug-likeness (QED) is 0.848. The Bertz CT molecular complexity index is 657. The van der Waals surface area contributed by atoms with E-state index in [2.05, 4.69) is 10.2 Å². The molecule has 0 bridgehead atoms. The number of anilines is 1. The average molecular weight is 328 g/mol. The molecule has 0 amide bonds. The fraction of sp³-hybridized carbons (Fsp3) is 0.278. The van der Waals surface area contributed by atoms with Crippen molar-refractivity contribution in [2.24, 2.45) is 0 Å². The van der Waals surface area contributed by atoms with Crippen LogP contribution in [0.5, 0.6) is 0 Å². The summed E-state index contributed by atoms with van der Waals surface area (Å²) in [6.07, 6.45) is -0.688. The van der Waals surface area contributed by atoms with Crippen LogP contribution in [0.15, 0.2) is 54.6 Å². The molecule has 23 heavy (non-hydrogen) atoms. The molecule has 0 radical (unpaired) electrons. The summed E-state index contributed by atoms with van der Waals surface area (Å²) < 4.78 is 5.35. The molecule has 1 heterocycles. The highest BCUT2D eigenvalue weighted by molar-refractivity contribution is 7.80. The number of hydrogen-bond acceptors (Lipinski definition) is 3. The van der Waals surface area contributed by atoms with Gasteiger partial charge in [0.25, 0.3) is 0 Å². The van der Waals surface area contributed by atoms with Gasteiger partial charge >= 0.3 is 0 Å². The van der Waals surface area contributed by atoms with Crippen LogP contribution in [0.1, 0.15) is 17.2 Å². The molecule has 2 aromatic rings. The first kappa shape index (κ1) is 15.9. The molecule has 0 aromatic heterocycles. The highest BCUT2D eigenvalue weighted by atomic mass is 32.1. The van der Waals surface area contributed by atoms with E-state index in [0.29, 0.717) is 18.3 Å². The zero-order chi connectivity index (χ0) is 16.1. The number of morpholine rings is 1. The van der Waals surface area contributed by atoms with Crippen LogP contribution in [0.2, 0.25) is 0 Å². The number of nitrogens with one attached hydrogen (secondary N) is 1.